The number of hydrogen-bond donors (Lipinski definition) is 1. The molecule has 1 N–H and O–H groups in total. The molecule has 0 bridgehead atoms. The topological polar surface area (TPSA) is 21.3 Å². The molecule has 2 rings (SSSR count). The van der Waals surface area contributed by atoms with E-state index in [0.29, 0.717) is 6.04 Å². The van der Waals surface area contributed by atoms with Crippen LogP contribution in [0, 0.1) is 5.82 Å². The van der Waals surface area contributed by atoms with Gasteiger partial charge in [0.05, 0.1) is 7.11 Å². The molecule has 2 nitrogen and oxygen atoms in total. The molecule has 0 saturated carbocycles. The molecule has 0 aromatic heterocycles. The molecule has 0 spiro atoms. The maximum Gasteiger partial charge on any atom is 0.123 e. The Kier molecular flexibility index (Phi) is 7.92. The first-order valence-corrected chi connectivity index (χ1v) is 7.28. The van der Waals surface area contributed by atoms with Crippen molar-refractivity contribution in [3.63, 3.8) is 0 Å². The van der Waals surface area contributed by atoms with Crippen LogP contribution in [-0.2, 0) is 13.0 Å². The van der Waals surface area contributed by atoms with Gasteiger partial charge >= 0.3 is 0 Å². The van der Waals surface area contributed by atoms with Gasteiger partial charge in [-0.2, -0.15) is 0 Å². The molecule has 0 aliphatic rings. The molecule has 2 aromatic carbocycles. The van der Waals surface area contributed by atoms with Crippen molar-refractivity contribution in [3.8, 4) is 5.75 Å². The van der Waals surface area contributed by atoms with Gasteiger partial charge in [0.2, 0.25) is 0 Å². The van der Waals surface area contributed by atoms with Gasteiger partial charge in [-0.1, -0.05) is 24.3 Å². The molecule has 22 heavy (non-hydrogen) atoms. The number of rotatable bonds is 7. The van der Waals surface area contributed by atoms with Gasteiger partial charge in [-0.15, -0.1) is 12.4 Å². The molecule has 0 fully saturated rings. The fraction of sp³-hybridized carbons (Fsp3) is 0.333. The monoisotopic (exact) mass is 323 g/mol. The molecular formula is C18H23ClFNO. The van der Waals surface area contributed by atoms with E-state index in [9.17, 15) is 4.39 Å². The van der Waals surface area contributed by atoms with Crippen LogP contribution in [-0.4, -0.2) is 13.2 Å². The molecule has 0 aliphatic heterocycles. The van der Waals surface area contributed by atoms with E-state index in [-0.39, 0.29) is 18.2 Å². The second-order valence-electron chi connectivity index (χ2n) is 5.30. The fourth-order valence-electron chi connectivity index (χ4n) is 2.17. The number of benzene rings is 2. The zero-order chi connectivity index (χ0) is 15.1. The third kappa shape index (κ3) is 6.04. The summed E-state index contributed by atoms with van der Waals surface area (Å²) in [7, 11) is 1.68. The second kappa shape index (κ2) is 9.44. The van der Waals surface area contributed by atoms with Crippen LogP contribution in [0.1, 0.15) is 24.5 Å². The molecule has 4 heteroatoms. The van der Waals surface area contributed by atoms with Crippen LogP contribution in [0.5, 0.6) is 5.75 Å². The maximum absolute atomic E-state index is 12.8. The van der Waals surface area contributed by atoms with Crippen molar-refractivity contribution in [3.05, 3.63) is 65.5 Å². The van der Waals surface area contributed by atoms with Crippen LogP contribution in [0.3, 0.4) is 0 Å². The molecule has 0 saturated heterocycles. The number of hydrogen-bond acceptors (Lipinski definition) is 2. The molecule has 1 unspecified atom stereocenters. The highest BCUT2D eigenvalue weighted by Crippen LogP contribution is 2.13. The minimum absolute atomic E-state index is 0. The van der Waals surface area contributed by atoms with Crippen LogP contribution in [0.15, 0.2) is 48.5 Å². The lowest BCUT2D eigenvalue weighted by molar-refractivity contribution is 0.414. The molecule has 1 atom stereocenters. The smallest absolute Gasteiger partial charge is 0.123 e. The number of nitrogens with one attached hydrogen (secondary N) is 1. The highest BCUT2D eigenvalue weighted by molar-refractivity contribution is 5.85. The standard InChI is InChI=1S/C18H22FNO.ClH/c1-14(20-13-16-5-9-17(19)10-6-16)3-4-15-7-11-18(21-2)12-8-15;/h5-12,14,20H,3-4,13H2,1-2H3;1H. The third-order valence-electron chi connectivity index (χ3n) is 3.59. The number of methoxy groups -OCH3 is 1. The van der Waals surface area contributed by atoms with Crippen molar-refractivity contribution in [2.45, 2.75) is 32.4 Å². The summed E-state index contributed by atoms with van der Waals surface area (Å²) in [4.78, 5) is 0. The minimum atomic E-state index is -0.189. The molecule has 0 heterocycles. The molecular weight excluding hydrogens is 301 g/mol. The lowest BCUT2D eigenvalue weighted by atomic mass is 10.1. The van der Waals surface area contributed by atoms with Gasteiger partial charge in [0, 0.05) is 12.6 Å². The largest absolute Gasteiger partial charge is 0.497 e. The maximum atomic E-state index is 12.8. The average molecular weight is 324 g/mol. The van der Waals surface area contributed by atoms with Crippen LogP contribution in [0.2, 0.25) is 0 Å². The highest BCUT2D eigenvalue weighted by atomic mass is 35.5. The Bertz CT molecular complexity index is 542. The Morgan fingerprint density at radius 2 is 1.59 bits per heavy atom. The van der Waals surface area contributed by atoms with Gasteiger partial charge in [0.1, 0.15) is 11.6 Å². The Hall–Kier alpha value is -1.58. The lowest BCUT2D eigenvalue weighted by Gasteiger charge is -2.14. The Balaban J connectivity index is 0.00000242. The normalized spacial score (nSPS) is 11.6. The summed E-state index contributed by atoms with van der Waals surface area (Å²) < 4.78 is 18.0. The summed E-state index contributed by atoms with van der Waals surface area (Å²) in [6, 6.07) is 15.2. The van der Waals surface area contributed by atoms with Crippen LogP contribution < -0.4 is 10.1 Å². The van der Waals surface area contributed by atoms with E-state index in [4.69, 9.17) is 4.74 Å². The highest BCUT2D eigenvalue weighted by Gasteiger charge is 2.03. The number of ether oxygens (including phenoxy) is 1. The van der Waals surface area contributed by atoms with E-state index >= 15 is 0 Å². The summed E-state index contributed by atoms with van der Waals surface area (Å²) in [5.74, 6) is 0.701. The van der Waals surface area contributed by atoms with Crippen molar-refractivity contribution >= 4 is 12.4 Å². The predicted molar refractivity (Wildman–Crippen MR) is 91.3 cm³/mol. The van der Waals surface area contributed by atoms with Crippen LogP contribution in [0.4, 0.5) is 4.39 Å². The summed E-state index contributed by atoms with van der Waals surface area (Å²) in [5, 5.41) is 3.46. The van der Waals surface area contributed by atoms with Gasteiger partial charge in [-0.05, 0) is 55.2 Å². The van der Waals surface area contributed by atoms with Crippen molar-refractivity contribution in [2.24, 2.45) is 0 Å². The zero-order valence-corrected chi connectivity index (χ0v) is 13.8. The average Bonchev–Trinajstić information content (AvgIpc) is 2.53. The van der Waals surface area contributed by atoms with Crippen molar-refractivity contribution in [1.82, 2.24) is 5.32 Å². The van der Waals surface area contributed by atoms with Crippen molar-refractivity contribution < 1.29 is 9.13 Å². The lowest BCUT2D eigenvalue weighted by Crippen LogP contribution is -2.25. The number of halogens is 2. The van der Waals surface area contributed by atoms with E-state index in [1.807, 2.05) is 24.3 Å². The summed E-state index contributed by atoms with van der Waals surface area (Å²) in [6.07, 6.45) is 2.09. The van der Waals surface area contributed by atoms with E-state index in [2.05, 4.69) is 24.4 Å². The molecule has 2 aromatic rings. The van der Waals surface area contributed by atoms with Gasteiger partial charge in [-0.3, -0.25) is 0 Å². The van der Waals surface area contributed by atoms with Gasteiger partial charge < -0.3 is 10.1 Å². The quantitative estimate of drug-likeness (QED) is 0.817. The zero-order valence-electron chi connectivity index (χ0n) is 13.0. The summed E-state index contributed by atoms with van der Waals surface area (Å²) in [5.41, 5.74) is 2.42. The third-order valence-corrected chi connectivity index (χ3v) is 3.59. The van der Waals surface area contributed by atoms with Crippen molar-refractivity contribution in [1.29, 1.82) is 0 Å². The van der Waals surface area contributed by atoms with Gasteiger partial charge in [0.15, 0.2) is 0 Å². The van der Waals surface area contributed by atoms with Crippen molar-refractivity contribution in [2.75, 3.05) is 7.11 Å². The first-order chi connectivity index (χ1) is 10.2. The van der Waals surface area contributed by atoms with Crippen LogP contribution in [0.25, 0.3) is 0 Å². The second-order valence-corrected chi connectivity index (χ2v) is 5.30. The molecule has 0 amide bonds. The van der Waals surface area contributed by atoms with Gasteiger partial charge in [0.25, 0.3) is 0 Å². The molecule has 0 radical (unpaired) electrons. The number of aryl methyl sites for hydroxylation is 1. The predicted octanol–water partition coefficient (Wildman–Crippen LogP) is 4.37. The fourth-order valence-corrected chi connectivity index (χ4v) is 2.17. The van der Waals surface area contributed by atoms with E-state index in [1.54, 1.807) is 7.11 Å². The Labute approximate surface area is 138 Å². The van der Waals surface area contributed by atoms with E-state index in [1.165, 1.54) is 17.7 Å². The van der Waals surface area contributed by atoms with E-state index in [0.717, 1.165) is 30.7 Å². The van der Waals surface area contributed by atoms with Crippen LogP contribution >= 0.6 is 12.4 Å². The minimum Gasteiger partial charge on any atom is -0.497 e. The SMILES string of the molecule is COc1ccc(CCC(C)NCc2ccc(F)cc2)cc1.Cl. The summed E-state index contributed by atoms with van der Waals surface area (Å²) >= 11 is 0. The first-order valence-electron chi connectivity index (χ1n) is 7.28. The first kappa shape index (κ1) is 18.5. The molecule has 120 valence electrons. The van der Waals surface area contributed by atoms with Gasteiger partial charge in [-0.25, -0.2) is 4.39 Å². The Morgan fingerprint density at radius 1 is 1.00 bits per heavy atom. The Morgan fingerprint density at radius 3 is 2.18 bits per heavy atom. The van der Waals surface area contributed by atoms with E-state index < -0.39 is 0 Å². The molecule has 0 aliphatic carbocycles. The summed E-state index contributed by atoms with van der Waals surface area (Å²) in [6.45, 7) is 2.94.